The summed E-state index contributed by atoms with van der Waals surface area (Å²) < 4.78 is 7.05. The van der Waals surface area contributed by atoms with Crippen LogP contribution in [0.15, 0.2) is 91.1 Å². The Bertz CT molecular complexity index is 1060. The molecule has 1 atom stereocenters. The van der Waals surface area contributed by atoms with Gasteiger partial charge in [0.15, 0.2) is 0 Å². The number of benzene rings is 3. The molecular formula is C25H25N3O2. The van der Waals surface area contributed by atoms with E-state index in [0.29, 0.717) is 12.2 Å². The summed E-state index contributed by atoms with van der Waals surface area (Å²) in [5, 5.41) is 19.2. The predicted octanol–water partition coefficient (Wildman–Crippen LogP) is 4.25. The van der Waals surface area contributed by atoms with Crippen LogP contribution in [0.1, 0.15) is 28.5 Å². The first-order chi connectivity index (χ1) is 14.7. The lowest BCUT2D eigenvalue weighted by atomic mass is 10.0. The molecule has 0 spiro atoms. The van der Waals surface area contributed by atoms with Gasteiger partial charge in [-0.25, -0.2) is 4.68 Å². The molecule has 2 N–H and O–H groups in total. The minimum atomic E-state index is -0.792. The Morgan fingerprint density at radius 3 is 2.23 bits per heavy atom. The highest BCUT2D eigenvalue weighted by molar-refractivity contribution is 5.39. The van der Waals surface area contributed by atoms with Crippen molar-refractivity contribution < 1.29 is 9.84 Å². The number of nitrogens with one attached hydrogen (secondary N) is 1. The van der Waals surface area contributed by atoms with E-state index in [2.05, 4.69) is 17.4 Å². The lowest BCUT2D eigenvalue weighted by Crippen LogP contribution is -2.14. The third-order valence-electron chi connectivity index (χ3n) is 5.02. The Morgan fingerprint density at radius 2 is 1.57 bits per heavy atom. The maximum Gasteiger partial charge on any atom is 0.123 e. The predicted molar refractivity (Wildman–Crippen MR) is 118 cm³/mol. The molecule has 0 aliphatic carbocycles. The molecule has 0 fully saturated rings. The average Bonchev–Trinajstić information content (AvgIpc) is 3.24. The number of aliphatic hydroxyl groups is 1. The molecule has 0 aliphatic rings. The summed E-state index contributed by atoms with van der Waals surface area (Å²) in [6, 6.07) is 27.6. The molecule has 5 nitrogen and oxygen atoms in total. The van der Waals surface area contributed by atoms with Crippen LogP contribution in [0.5, 0.6) is 5.75 Å². The third-order valence-corrected chi connectivity index (χ3v) is 5.02. The van der Waals surface area contributed by atoms with Crippen LogP contribution < -0.4 is 10.1 Å². The van der Waals surface area contributed by atoms with E-state index in [1.54, 1.807) is 11.8 Å². The smallest absolute Gasteiger partial charge is 0.123 e. The highest BCUT2D eigenvalue weighted by Crippen LogP contribution is 2.25. The molecule has 0 aliphatic heterocycles. The van der Waals surface area contributed by atoms with Gasteiger partial charge in [-0.3, -0.25) is 0 Å². The summed E-state index contributed by atoms with van der Waals surface area (Å²) in [7, 11) is 1.65. The van der Waals surface area contributed by atoms with Gasteiger partial charge in [-0.05, 0) is 35.4 Å². The van der Waals surface area contributed by atoms with Crippen LogP contribution in [-0.2, 0) is 13.1 Å². The van der Waals surface area contributed by atoms with Crippen LogP contribution in [0.3, 0.4) is 0 Å². The van der Waals surface area contributed by atoms with E-state index in [0.717, 1.165) is 29.1 Å². The fourth-order valence-corrected chi connectivity index (χ4v) is 3.39. The number of ether oxygens (including phenoxy) is 1. The van der Waals surface area contributed by atoms with Gasteiger partial charge < -0.3 is 15.2 Å². The molecule has 4 aromatic rings. The van der Waals surface area contributed by atoms with Crippen LogP contribution in [0.4, 0.5) is 0 Å². The quantitative estimate of drug-likeness (QED) is 0.465. The highest BCUT2D eigenvalue weighted by Gasteiger charge is 2.19. The molecule has 5 heteroatoms. The van der Waals surface area contributed by atoms with E-state index >= 15 is 0 Å². The zero-order valence-electron chi connectivity index (χ0n) is 16.9. The fraction of sp³-hybridized carbons (Fsp3) is 0.160. The Balaban J connectivity index is 1.60. The number of hydrogen-bond acceptors (Lipinski definition) is 4. The minimum Gasteiger partial charge on any atom is -0.497 e. The summed E-state index contributed by atoms with van der Waals surface area (Å²) in [6.45, 7) is 1.35. The van der Waals surface area contributed by atoms with E-state index in [4.69, 9.17) is 9.84 Å². The van der Waals surface area contributed by atoms with Crippen molar-refractivity contribution in [1.29, 1.82) is 0 Å². The van der Waals surface area contributed by atoms with E-state index < -0.39 is 6.10 Å². The number of hydrogen-bond donors (Lipinski definition) is 2. The molecule has 1 aromatic heterocycles. The first-order valence-corrected chi connectivity index (χ1v) is 9.95. The van der Waals surface area contributed by atoms with Crippen LogP contribution >= 0.6 is 0 Å². The van der Waals surface area contributed by atoms with Crippen LogP contribution in [0, 0.1) is 0 Å². The second-order valence-electron chi connectivity index (χ2n) is 7.08. The molecule has 152 valence electrons. The van der Waals surface area contributed by atoms with Gasteiger partial charge >= 0.3 is 0 Å². The monoisotopic (exact) mass is 399 g/mol. The highest BCUT2D eigenvalue weighted by atomic mass is 16.5. The Kier molecular flexibility index (Phi) is 6.23. The van der Waals surface area contributed by atoms with Crippen LogP contribution in [0.2, 0.25) is 0 Å². The van der Waals surface area contributed by atoms with E-state index in [1.807, 2.05) is 79.0 Å². The summed E-state index contributed by atoms with van der Waals surface area (Å²) in [4.78, 5) is 0. The van der Waals surface area contributed by atoms with Crippen molar-refractivity contribution >= 4 is 0 Å². The fourth-order valence-electron chi connectivity index (χ4n) is 3.39. The van der Waals surface area contributed by atoms with Gasteiger partial charge in [0.25, 0.3) is 0 Å². The Morgan fingerprint density at radius 1 is 0.900 bits per heavy atom. The summed E-state index contributed by atoms with van der Waals surface area (Å²) >= 11 is 0. The number of aliphatic hydroxyl groups excluding tert-OH is 1. The lowest BCUT2D eigenvalue weighted by molar-refractivity contribution is 0.213. The molecular weight excluding hydrogens is 374 g/mol. The zero-order valence-corrected chi connectivity index (χ0v) is 16.9. The van der Waals surface area contributed by atoms with Crippen molar-refractivity contribution in [1.82, 2.24) is 15.1 Å². The molecule has 30 heavy (non-hydrogen) atoms. The van der Waals surface area contributed by atoms with Gasteiger partial charge in [0.05, 0.1) is 12.8 Å². The topological polar surface area (TPSA) is 59.3 Å². The van der Waals surface area contributed by atoms with Gasteiger partial charge in [0, 0.05) is 24.8 Å². The second kappa shape index (κ2) is 9.39. The molecule has 0 saturated carbocycles. The molecule has 0 saturated heterocycles. The van der Waals surface area contributed by atoms with Gasteiger partial charge in [-0.2, -0.15) is 5.10 Å². The van der Waals surface area contributed by atoms with Crippen molar-refractivity contribution in [3.8, 4) is 11.4 Å². The number of rotatable bonds is 8. The number of nitrogens with zero attached hydrogens (tertiary/aromatic N) is 2. The Labute approximate surface area is 176 Å². The van der Waals surface area contributed by atoms with Gasteiger partial charge in [-0.1, -0.05) is 60.7 Å². The van der Waals surface area contributed by atoms with Gasteiger partial charge in [-0.15, -0.1) is 0 Å². The van der Waals surface area contributed by atoms with Gasteiger partial charge in [0.2, 0.25) is 0 Å². The third kappa shape index (κ3) is 4.59. The lowest BCUT2D eigenvalue weighted by Gasteiger charge is -2.11. The molecule has 0 bridgehead atoms. The maximum atomic E-state index is 11.0. The zero-order chi connectivity index (χ0) is 20.8. The largest absolute Gasteiger partial charge is 0.497 e. The molecule has 1 heterocycles. The van der Waals surface area contributed by atoms with Crippen LogP contribution in [-0.4, -0.2) is 22.0 Å². The number of methoxy groups -OCH3 is 1. The number of aromatic nitrogens is 2. The maximum absolute atomic E-state index is 11.0. The van der Waals surface area contributed by atoms with Crippen LogP contribution in [0.25, 0.3) is 5.69 Å². The van der Waals surface area contributed by atoms with Crippen molar-refractivity contribution in [2.45, 2.75) is 19.2 Å². The summed E-state index contributed by atoms with van der Waals surface area (Å²) in [5.41, 5.74) is 4.55. The SMILES string of the molecule is COc1ccc(-n2cc(CNCc3ccccc3)c([C@@H](O)c3ccccc3)n2)cc1. The van der Waals surface area contributed by atoms with Crippen molar-refractivity contribution in [2.75, 3.05) is 7.11 Å². The molecule has 0 radical (unpaired) electrons. The van der Waals surface area contributed by atoms with E-state index in [-0.39, 0.29) is 0 Å². The molecule has 4 rings (SSSR count). The van der Waals surface area contributed by atoms with Gasteiger partial charge in [0.1, 0.15) is 17.5 Å². The molecule has 0 amide bonds. The van der Waals surface area contributed by atoms with Crippen molar-refractivity contribution in [2.24, 2.45) is 0 Å². The standard InChI is InChI=1S/C25H25N3O2/c1-30-23-14-12-22(13-15-23)28-18-21(17-26-16-19-8-4-2-5-9-19)24(27-28)25(29)20-10-6-3-7-11-20/h2-15,18,25-26,29H,16-17H2,1H3/t25-/m0/s1. The first kappa shape index (κ1) is 19.9. The average molecular weight is 399 g/mol. The molecule has 0 unspecified atom stereocenters. The molecule has 3 aromatic carbocycles. The first-order valence-electron chi connectivity index (χ1n) is 9.95. The van der Waals surface area contributed by atoms with Crippen molar-refractivity contribution in [3.63, 3.8) is 0 Å². The Hall–Kier alpha value is -3.41. The summed E-state index contributed by atoms with van der Waals surface area (Å²) in [5.74, 6) is 0.792. The summed E-state index contributed by atoms with van der Waals surface area (Å²) in [6.07, 6.45) is 1.18. The normalized spacial score (nSPS) is 11.9. The van der Waals surface area contributed by atoms with E-state index in [1.165, 1.54) is 5.56 Å². The second-order valence-corrected chi connectivity index (χ2v) is 7.08. The minimum absolute atomic E-state index is 0.601. The van der Waals surface area contributed by atoms with E-state index in [9.17, 15) is 5.11 Å². The van der Waals surface area contributed by atoms with Crippen molar-refractivity contribution in [3.05, 3.63) is 114 Å².